The summed E-state index contributed by atoms with van der Waals surface area (Å²) in [4.78, 5) is 16.6. The van der Waals surface area contributed by atoms with Crippen molar-refractivity contribution in [3.8, 4) is 17.0 Å². The summed E-state index contributed by atoms with van der Waals surface area (Å²) in [6.45, 7) is 2.05. The highest BCUT2D eigenvalue weighted by molar-refractivity contribution is 7.92. The van der Waals surface area contributed by atoms with Gasteiger partial charge in [0.25, 0.3) is 5.91 Å². The molecular weight excluding hydrogens is 468 g/mol. The van der Waals surface area contributed by atoms with Crippen LogP contribution >= 0.6 is 0 Å². The Morgan fingerprint density at radius 3 is 2.69 bits per heavy atom. The molecule has 2 aromatic heterocycles. The van der Waals surface area contributed by atoms with E-state index in [0.29, 0.717) is 46.9 Å². The van der Waals surface area contributed by atoms with Crippen LogP contribution in [-0.4, -0.2) is 41.9 Å². The van der Waals surface area contributed by atoms with E-state index >= 15 is 0 Å². The summed E-state index contributed by atoms with van der Waals surface area (Å²) in [5.41, 5.74) is 7.08. The molecule has 1 saturated carbocycles. The number of amides is 1. The molecule has 1 amide bonds. The number of nitrogens with zero attached hydrogens (tertiary/aromatic N) is 2. The van der Waals surface area contributed by atoms with E-state index in [9.17, 15) is 13.2 Å². The molecule has 2 heterocycles. The summed E-state index contributed by atoms with van der Waals surface area (Å²) in [6, 6.07) is 10.3. The molecule has 3 aromatic rings. The fourth-order valence-corrected chi connectivity index (χ4v) is 4.77. The molecule has 1 aliphatic rings. The van der Waals surface area contributed by atoms with Crippen LogP contribution in [0.3, 0.4) is 0 Å². The van der Waals surface area contributed by atoms with E-state index in [4.69, 9.17) is 10.5 Å². The minimum Gasteiger partial charge on any atom is -0.491 e. The van der Waals surface area contributed by atoms with Gasteiger partial charge in [-0.2, -0.15) is 5.10 Å². The summed E-state index contributed by atoms with van der Waals surface area (Å²) in [6.07, 6.45) is 7.37. The Morgan fingerprint density at radius 1 is 1.20 bits per heavy atom. The second kappa shape index (κ2) is 10.8. The summed E-state index contributed by atoms with van der Waals surface area (Å²) < 4.78 is 33.2. The molecule has 1 aromatic carbocycles. The van der Waals surface area contributed by atoms with Gasteiger partial charge in [0.1, 0.15) is 28.6 Å². The van der Waals surface area contributed by atoms with Crippen molar-refractivity contribution in [2.45, 2.75) is 39.0 Å². The van der Waals surface area contributed by atoms with Gasteiger partial charge in [-0.15, -0.1) is 0 Å². The Bertz CT molecular complexity index is 1270. The molecule has 1 fully saturated rings. The number of anilines is 3. The molecule has 35 heavy (non-hydrogen) atoms. The second-order valence-electron chi connectivity index (χ2n) is 8.56. The molecule has 10 nitrogen and oxygen atoms in total. The highest BCUT2D eigenvalue weighted by atomic mass is 32.2. The fraction of sp³-hybridized carbons (Fsp3) is 0.375. The molecule has 0 aliphatic heterocycles. The molecule has 1 aliphatic carbocycles. The average molecular weight is 499 g/mol. The molecular formula is C24H30N6O4S. The molecule has 0 saturated heterocycles. The van der Waals surface area contributed by atoms with Crippen molar-refractivity contribution in [2.75, 3.05) is 22.4 Å². The number of nitrogens with one attached hydrogen (secondary N) is 3. The quantitative estimate of drug-likeness (QED) is 0.329. The number of benzene rings is 1. The van der Waals surface area contributed by atoms with Gasteiger partial charge in [0.2, 0.25) is 10.0 Å². The molecule has 0 spiro atoms. The third-order valence-electron chi connectivity index (χ3n) is 6.03. The average Bonchev–Trinajstić information content (AvgIpc) is 3.28. The topological polar surface area (TPSA) is 152 Å². The van der Waals surface area contributed by atoms with E-state index in [2.05, 4.69) is 25.2 Å². The fourth-order valence-electron chi connectivity index (χ4n) is 4.12. The smallest absolute Gasteiger partial charge is 0.254 e. The number of aromatic amines is 1. The number of aromatic nitrogens is 3. The lowest BCUT2D eigenvalue weighted by Gasteiger charge is -2.23. The Morgan fingerprint density at radius 2 is 2.00 bits per heavy atom. The van der Waals surface area contributed by atoms with Crippen LogP contribution in [0.4, 0.5) is 17.3 Å². The number of nitrogens with two attached hydrogens (primary N) is 1. The van der Waals surface area contributed by atoms with Crippen LogP contribution in [0.5, 0.6) is 5.75 Å². The number of H-pyrrole nitrogens is 1. The van der Waals surface area contributed by atoms with Crippen LogP contribution in [0.25, 0.3) is 11.3 Å². The minimum absolute atomic E-state index is 0.0649. The zero-order chi connectivity index (χ0) is 24.8. The van der Waals surface area contributed by atoms with Crippen LogP contribution in [0, 0.1) is 5.92 Å². The predicted octanol–water partition coefficient (Wildman–Crippen LogP) is 4.03. The molecule has 5 N–H and O–H groups in total. The molecule has 11 heteroatoms. The lowest BCUT2D eigenvalue weighted by atomic mass is 9.90. The van der Waals surface area contributed by atoms with Crippen molar-refractivity contribution in [2.24, 2.45) is 11.7 Å². The van der Waals surface area contributed by atoms with Gasteiger partial charge in [-0.1, -0.05) is 31.4 Å². The van der Waals surface area contributed by atoms with Crippen LogP contribution in [0.2, 0.25) is 0 Å². The summed E-state index contributed by atoms with van der Waals surface area (Å²) >= 11 is 0. The van der Waals surface area contributed by atoms with Crippen molar-refractivity contribution < 1.29 is 17.9 Å². The van der Waals surface area contributed by atoms with Crippen molar-refractivity contribution >= 4 is 33.3 Å². The predicted molar refractivity (Wildman–Crippen MR) is 135 cm³/mol. The van der Waals surface area contributed by atoms with Gasteiger partial charge < -0.3 is 15.8 Å². The van der Waals surface area contributed by atoms with Crippen LogP contribution in [-0.2, 0) is 10.0 Å². The van der Waals surface area contributed by atoms with Gasteiger partial charge in [-0.3, -0.25) is 14.6 Å². The zero-order valence-corrected chi connectivity index (χ0v) is 20.4. The standard InChI is InChI=1S/C24H30N6O4S/c1-2-35(32,33)30-18-12-11-17(14-19(18)34-15-16-8-4-3-5-9-16)22-21(23(25)31)24(29-28-22)27-20-10-6-7-13-26-20/h6-7,10-14,16,30H,2-5,8-9,15H2,1H3,(H2,25,31)(H2,26,27,28,29). The van der Waals surface area contributed by atoms with E-state index in [1.165, 1.54) is 19.3 Å². The number of ether oxygens (including phenoxy) is 1. The number of hydrogen-bond donors (Lipinski definition) is 4. The molecule has 0 atom stereocenters. The number of pyridine rings is 1. The van der Waals surface area contributed by atoms with Gasteiger partial charge in [0.05, 0.1) is 18.0 Å². The number of carbonyl (C=O) groups is 1. The number of primary amides is 1. The van der Waals surface area contributed by atoms with E-state index in [-0.39, 0.29) is 11.3 Å². The van der Waals surface area contributed by atoms with Gasteiger partial charge in [0, 0.05) is 11.8 Å². The van der Waals surface area contributed by atoms with Gasteiger partial charge in [-0.25, -0.2) is 13.4 Å². The summed E-state index contributed by atoms with van der Waals surface area (Å²) in [5.74, 6) is 0.890. The third kappa shape index (κ3) is 6.10. The van der Waals surface area contributed by atoms with Gasteiger partial charge >= 0.3 is 0 Å². The van der Waals surface area contributed by atoms with E-state index in [0.717, 1.165) is 12.8 Å². The monoisotopic (exact) mass is 498 g/mol. The van der Waals surface area contributed by atoms with Gasteiger partial charge in [0.15, 0.2) is 0 Å². The molecule has 0 radical (unpaired) electrons. The normalized spacial score (nSPS) is 14.4. The van der Waals surface area contributed by atoms with Crippen LogP contribution < -0.4 is 20.5 Å². The Balaban J connectivity index is 1.67. The highest BCUT2D eigenvalue weighted by Crippen LogP contribution is 2.35. The van der Waals surface area contributed by atoms with Gasteiger partial charge in [-0.05, 0) is 49.9 Å². The van der Waals surface area contributed by atoms with E-state index in [1.54, 1.807) is 43.5 Å². The van der Waals surface area contributed by atoms with Crippen molar-refractivity contribution in [1.82, 2.24) is 15.2 Å². The third-order valence-corrected chi connectivity index (χ3v) is 7.32. The lowest BCUT2D eigenvalue weighted by molar-refractivity contribution is 0.100. The first-order chi connectivity index (χ1) is 16.9. The summed E-state index contributed by atoms with van der Waals surface area (Å²) in [7, 11) is -3.51. The maximum absolute atomic E-state index is 12.4. The zero-order valence-electron chi connectivity index (χ0n) is 19.6. The summed E-state index contributed by atoms with van der Waals surface area (Å²) in [5, 5.41) is 10.1. The first-order valence-electron chi connectivity index (χ1n) is 11.7. The molecule has 186 valence electrons. The van der Waals surface area contributed by atoms with Crippen LogP contribution in [0.1, 0.15) is 49.4 Å². The number of rotatable bonds is 10. The van der Waals surface area contributed by atoms with Crippen LogP contribution in [0.15, 0.2) is 42.6 Å². The Kier molecular flexibility index (Phi) is 7.54. The van der Waals surface area contributed by atoms with Crippen molar-refractivity contribution in [3.63, 3.8) is 0 Å². The molecule has 0 unspecified atom stereocenters. The SMILES string of the molecule is CCS(=O)(=O)Nc1ccc(-c2n[nH]c(Nc3ccccn3)c2C(N)=O)cc1OCC1CCCCC1. The van der Waals surface area contributed by atoms with Crippen molar-refractivity contribution in [3.05, 3.63) is 48.2 Å². The molecule has 4 rings (SSSR count). The maximum Gasteiger partial charge on any atom is 0.254 e. The maximum atomic E-state index is 12.4. The van der Waals surface area contributed by atoms with Crippen molar-refractivity contribution in [1.29, 1.82) is 0 Å². The number of hydrogen-bond acceptors (Lipinski definition) is 7. The Labute approximate surface area is 204 Å². The van der Waals surface area contributed by atoms with E-state index in [1.807, 2.05) is 6.07 Å². The highest BCUT2D eigenvalue weighted by Gasteiger charge is 2.23. The second-order valence-corrected chi connectivity index (χ2v) is 10.6. The number of carbonyl (C=O) groups excluding carboxylic acids is 1. The Hall–Kier alpha value is -3.60. The lowest BCUT2D eigenvalue weighted by Crippen LogP contribution is -2.18. The largest absolute Gasteiger partial charge is 0.491 e. The first-order valence-corrected chi connectivity index (χ1v) is 13.4. The molecule has 0 bridgehead atoms. The van der Waals surface area contributed by atoms with E-state index < -0.39 is 15.9 Å². The number of sulfonamides is 1. The first kappa shape index (κ1) is 24.5. The minimum atomic E-state index is -3.51.